The molecule has 0 saturated carbocycles. The Bertz CT molecular complexity index is 184. The average Bonchev–Trinajstić information content (AvgIpc) is 2.43. The Balaban J connectivity index is 2.45. The molecule has 5 atom stereocenters. The largest absolute Gasteiger partial charge is 0.377 e. The maximum atomic E-state index is 9.56. The Hall–Kier alpha value is -0.400. The van der Waals surface area contributed by atoms with Crippen molar-refractivity contribution in [1.29, 1.82) is 0 Å². The van der Waals surface area contributed by atoms with Gasteiger partial charge in [-0.2, -0.15) is 0 Å². The van der Waals surface area contributed by atoms with Crippen molar-refractivity contribution >= 4 is 0 Å². The third-order valence-corrected chi connectivity index (χ3v) is 2.73. The van der Waals surface area contributed by atoms with Gasteiger partial charge >= 0.3 is 0 Å². The second-order valence-corrected chi connectivity index (χ2v) is 4.62. The first-order valence-electron chi connectivity index (χ1n) is 6.54. The van der Waals surface area contributed by atoms with Crippen molar-refractivity contribution in [3.05, 3.63) is 0 Å². The summed E-state index contributed by atoms with van der Waals surface area (Å²) in [4.78, 5) is 0. The van der Waals surface area contributed by atoms with E-state index in [9.17, 15) is 25.5 Å². The summed E-state index contributed by atoms with van der Waals surface area (Å²) < 4.78 is 0. The van der Waals surface area contributed by atoms with E-state index in [1.165, 1.54) is 0 Å². The average molecular weight is 295 g/mol. The summed E-state index contributed by atoms with van der Waals surface area (Å²) in [5, 5.41) is 61.0. The fourth-order valence-corrected chi connectivity index (χ4v) is 1.60. The van der Waals surface area contributed by atoms with Crippen LogP contribution in [0.3, 0.4) is 0 Å². The molecule has 1 aliphatic rings. The van der Waals surface area contributed by atoms with Gasteiger partial charge in [0.05, 0.1) is 0 Å². The van der Waals surface area contributed by atoms with Crippen molar-refractivity contribution in [3.63, 3.8) is 0 Å². The number of hydrogen-bond acceptors (Lipinski definition) is 10. The normalized spacial score (nSPS) is 39.8. The number of aliphatic hydroxyl groups excluding tert-OH is 5. The van der Waals surface area contributed by atoms with E-state index in [1.54, 1.807) is 0 Å². The minimum atomic E-state index is -0.945. The Kier molecular flexibility index (Phi) is 8.40. The molecule has 0 bridgehead atoms. The monoisotopic (exact) mass is 295 g/mol. The second kappa shape index (κ2) is 9.52. The van der Waals surface area contributed by atoms with Crippen LogP contribution in [0.4, 0.5) is 0 Å². The van der Waals surface area contributed by atoms with Crippen LogP contribution in [0.2, 0.25) is 0 Å². The van der Waals surface area contributed by atoms with Gasteiger partial charge in [0, 0.05) is 32.7 Å². The van der Waals surface area contributed by atoms with E-state index >= 15 is 0 Å². The third kappa shape index (κ3) is 8.01. The van der Waals surface area contributed by atoms with E-state index in [4.69, 9.17) is 0 Å². The summed E-state index contributed by atoms with van der Waals surface area (Å²) in [6.45, 7) is 0.380. The molecule has 1 saturated heterocycles. The lowest BCUT2D eigenvalue weighted by atomic mass is 10.4. The van der Waals surface area contributed by atoms with Gasteiger partial charge in [-0.25, -0.2) is 0 Å². The van der Waals surface area contributed by atoms with Gasteiger partial charge in [0.1, 0.15) is 31.1 Å². The van der Waals surface area contributed by atoms with Gasteiger partial charge in [-0.05, 0) is 0 Å². The molecular weight excluding hydrogens is 270 g/mol. The maximum absolute atomic E-state index is 9.56. The van der Waals surface area contributed by atoms with Crippen molar-refractivity contribution in [3.8, 4) is 0 Å². The highest BCUT2D eigenvalue weighted by Crippen LogP contribution is 1.85. The Labute approximate surface area is 117 Å². The molecule has 0 aromatic heterocycles. The van der Waals surface area contributed by atoms with E-state index in [0.29, 0.717) is 0 Å². The Morgan fingerprint density at radius 1 is 0.400 bits per heavy atom. The quantitative estimate of drug-likeness (QED) is 0.209. The first kappa shape index (κ1) is 17.7. The van der Waals surface area contributed by atoms with Crippen LogP contribution in [-0.2, 0) is 0 Å². The molecule has 1 aliphatic heterocycles. The Morgan fingerprint density at radius 3 is 0.700 bits per heavy atom. The molecule has 5 unspecified atom stereocenters. The molecule has 0 spiro atoms. The van der Waals surface area contributed by atoms with Crippen LogP contribution in [0.25, 0.3) is 0 Å². The van der Waals surface area contributed by atoms with Gasteiger partial charge in [0.2, 0.25) is 0 Å². The molecule has 20 heavy (non-hydrogen) atoms. The summed E-state index contributed by atoms with van der Waals surface area (Å²) in [5.74, 6) is 0. The molecule has 120 valence electrons. The van der Waals surface area contributed by atoms with Crippen LogP contribution < -0.4 is 26.6 Å². The van der Waals surface area contributed by atoms with Gasteiger partial charge in [-0.3, -0.25) is 26.6 Å². The van der Waals surface area contributed by atoms with E-state index in [0.717, 1.165) is 0 Å². The van der Waals surface area contributed by atoms with E-state index < -0.39 is 31.1 Å². The molecule has 10 N–H and O–H groups in total. The summed E-state index contributed by atoms with van der Waals surface area (Å²) in [7, 11) is 0. The van der Waals surface area contributed by atoms with Crippen LogP contribution >= 0.6 is 0 Å². The smallest absolute Gasteiger partial charge is 0.117 e. The van der Waals surface area contributed by atoms with Crippen molar-refractivity contribution in [2.45, 2.75) is 31.1 Å². The van der Waals surface area contributed by atoms with Gasteiger partial charge in [0.15, 0.2) is 0 Å². The molecular formula is C10H25N5O5. The highest BCUT2D eigenvalue weighted by Gasteiger charge is 2.14. The van der Waals surface area contributed by atoms with Gasteiger partial charge < -0.3 is 25.5 Å². The van der Waals surface area contributed by atoms with E-state index in [2.05, 4.69) is 26.6 Å². The lowest BCUT2D eigenvalue weighted by Crippen LogP contribution is -2.50. The molecule has 0 radical (unpaired) electrons. The molecule has 0 aromatic rings. The number of aliphatic hydroxyl groups is 5. The van der Waals surface area contributed by atoms with Crippen LogP contribution in [0.5, 0.6) is 0 Å². The van der Waals surface area contributed by atoms with Crippen molar-refractivity contribution in [2.24, 2.45) is 0 Å². The fraction of sp³-hybridized carbons (Fsp3) is 1.00. The molecule has 0 aliphatic carbocycles. The van der Waals surface area contributed by atoms with E-state index in [1.807, 2.05) is 0 Å². The highest BCUT2D eigenvalue weighted by atomic mass is 16.3. The Morgan fingerprint density at radius 2 is 0.550 bits per heavy atom. The van der Waals surface area contributed by atoms with Crippen molar-refractivity contribution in [1.82, 2.24) is 26.6 Å². The second-order valence-electron chi connectivity index (χ2n) is 4.62. The fourth-order valence-electron chi connectivity index (χ4n) is 1.60. The maximum Gasteiger partial charge on any atom is 0.117 e. The van der Waals surface area contributed by atoms with Gasteiger partial charge in [-0.15, -0.1) is 0 Å². The first-order chi connectivity index (χ1) is 9.47. The zero-order valence-corrected chi connectivity index (χ0v) is 11.2. The predicted octanol–water partition coefficient (Wildman–Crippen LogP) is -5.46. The zero-order chi connectivity index (χ0) is 15.0. The summed E-state index contributed by atoms with van der Waals surface area (Å²) in [5.41, 5.74) is 0. The summed E-state index contributed by atoms with van der Waals surface area (Å²) in [6, 6.07) is 0. The molecule has 1 heterocycles. The van der Waals surface area contributed by atoms with Crippen LogP contribution in [0.1, 0.15) is 0 Å². The molecule has 0 aromatic carbocycles. The lowest BCUT2D eigenvalue weighted by Gasteiger charge is -2.20. The molecule has 10 heteroatoms. The lowest BCUT2D eigenvalue weighted by molar-refractivity contribution is 0.0586. The van der Waals surface area contributed by atoms with E-state index in [-0.39, 0.29) is 32.7 Å². The minimum absolute atomic E-state index is 0.0759. The summed E-state index contributed by atoms with van der Waals surface area (Å²) in [6.07, 6.45) is -4.73. The number of β-amino-alcohol motifs (C(OH)–C–C–N with tert-alkyl or cyclic N) is 5. The summed E-state index contributed by atoms with van der Waals surface area (Å²) >= 11 is 0. The van der Waals surface area contributed by atoms with Crippen LogP contribution in [-0.4, -0.2) is 89.4 Å². The number of nitrogens with one attached hydrogen (secondary N) is 5. The van der Waals surface area contributed by atoms with Gasteiger partial charge in [0.25, 0.3) is 0 Å². The van der Waals surface area contributed by atoms with Crippen molar-refractivity contribution < 1.29 is 25.5 Å². The molecule has 1 fully saturated rings. The highest BCUT2D eigenvalue weighted by molar-refractivity contribution is 4.69. The molecule has 0 amide bonds. The van der Waals surface area contributed by atoms with Crippen molar-refractivity contribution in [2.75, 3.05) is 32.7 Å². The molecule has 10 nitrogen and oxygen atoms in total. The van der Waals surface area contributed by atoms with Crippen LogP contribution in [0, 0.1) is 0 Å². The SMILES string of the molecule is OC1CNC(O)CNC(O)CNC(O)CNC(O)CN1. The number of hydrogen-bond donors (Lipinski definition) is 10. The standard InChI is InChI=1S/C10H25N5O5/c16-6-1-11-7(17)2-13-9(19)4-15-10(20)5-14-8(18)3-12-6/h6-20H,1-5H2. The first-order valence-corrected chi connectivity index (χ1v) is 6.54. The van der Waals surface area contributed by atoms with Gasteiger partial charge in [-0.1, -0.05) is 0 Å². The predicted molar refractivity (Wildman–Crippen MR) is 70.0 cm³/mol. The number of rotatable bonds is 0. The topological polar surface area (TPSA) is 161 Å². The third-order valence-electron chi connectivity index (χ3n) is 2.73. The molecule has 1 rings (SSSR count). The minimum Gasteiger partial charge on any atom is -0.377 e. The zero-order valence-electron chi connectivity index (χ0n) is 11.2. The van der Waals surface area contributed by atoms with Crippen LogP contribution in [0.15, 0.2) is 0 Å².